The third kappa shape index (κ3) is 3.06. The van der Waals surface area contributed by atoms with Gasteiger partial charge in [0.15, 0.2) is 0 Å². The Kier molecular flexibility index (Phi) is 5.05. The Balaban J connectivity index is 1.85. The van der Waals surface area contributed by atoms with Crippen LogP contribution in [0.25, 0.3) is 0 Å². The monoisotopic (exact) mass is 254 g/mol. The molecule has 2 saturated carbocycles. The maximum Gasteiger partial charge on any atom is 0.0694 e. The molecule has 2 rings (SSSR count). The predicted octanol–water partition coefficient (Wildman–Crippen LogP) is 2.99. The fourth-order valence-corrected chi connectivity index (χ4v) is 3.82. The molecule has 2 aliphatic carbocycles. The molecule has 0 heterocycles. The molecular weight excluding hydrogens is 224 g/mol. The third-order valence-corrected chi connectivity index (χ3v) is 5.54. The van der Waals surface area contributed by atoms with Crippen molar-refractivity contribution >= 4 is 0 Å². The van der Waals surface area contributed by atoms with Gasteiger partial charge in [-0.25, -0.2) is 0 Å². The van der Waals surface area contributed by atoms with Gasteiger partial charge in [-0.05, 0) is 50.4 Å². The van der Waals surface area contributed by atoms with E-state index >= 15 is 0 Å². The smallest absolute Gasteiger partial charge is 0.0694 e. The molecular formula is C15H30N2O. The summed E-state index contributed by atoms with van der Waals surface area (Å²) >= 11 is 0. The van der Waals surface area contributed by atoms with Gasteiger partial charge in [0.05, 0.1) is 5.60 Å². The number of ether oxygens (including phenoxy) is 1. The molecule has 0 spiro atoms. The molecule has 0 aliphatic heterocycles. The van der Waals surface area contributed by atoms with E-state index in [0.717, 1.165) is 18.3 Å². The minimum atomic E-state index is 0.138. The minimum Gasteiger partial charge on any atom is -0.378 e. The van der Waals surface area contributed by atoms with Crippen molar-refractivity contribution in [3.8, 4) is 0 Å². The van der Waals surface area contributed by atoms with Gasteiger partial charge in [-0.1, -0.05) is 26.2 Å². The van der Waals surface area contributed by atoms with Crippen LogP contribution in [0.5, 0.6) is 0 Å². The highest BCUT2D eigenvalue weighted by molar-refractivity contribution is 4.95. The molecule has 3 N–H and O–H groups in total. The van der Waals surface area contributed by atoms with E-state index in [4.69, 9.17) is 10.6 Å². The normalized spacial score (nSPS) is 32.8. The van der Waals surface area contributed by atoms with Crippen LogP contribution in [0.3, 0.4) is 0 Å². The summed E-state index contributed by atoms with van der Waals surface area (Å²) in [6, 6.07) is 0.447. The van der Waals surface area contributed by atoms with E-state index in [0.29, 0.717) is 6.04 Å². The first-order valence-corrected chi connectivity index (χ1v) is 7.74. The zero-order chi connectivity index (χ0) is 13.0. The van der Waals surface area contributed by atoms with Crippen LogP contribution in [0.15, 0.2) is 0 Å². The molecule has 3 nitrogen and oxygen atoms in total. The third-order valence-electron chi connectivity index (χ3n) is 5.54. The lowest BCUT2D eigenvalue weighted by molar-refractivity contribution is -0.0882. The van der Waals surface area contributed by atoms with Crippen LogP contribution in [0.2, 0.25) is 0 Å². The zero-order valence-electron chi connectivity index (χ0n) is 12.1. The van der Waals surface area contributed by atoms with Gasteiger partial charge in [-0.3, -0.25) is 11.3 Å². The van der Waals surface area contributed by atoms with E-state index in [9.17, 15) is 0 Å². The van der Waals surface area contributed by atoms with Crippen molar-refractivity contribution in [2.24, 2.45) is 17.7 Å². The number of nitrogens with two attached hydrogens (primary N) is 1. The molecule has 0 amide bonds. The summed E-state index contributed by atoms with van der Waals surface area (Å²) in [5.74, 6) is 7.52. The van der Waals surface area contributed by atoms with E-state index in [2.05, 4.69) is 12.3 Å². The van der Waals surface area contributed by atoms with E-state index < -0.39 is 0 Å². The number of nitrogens with one attached hydrogen (secondary N) is 1. The Labute approximate surface area is 112 Å². The van der Waals surface area contributed by atoms with Crippen LogP contribution in [-0.4, -0.2) is 18.8 Å². The molecule has 0 bridgehead atoms. The van der Waals surface area contributed by atoms with Crippen LogP contribution in [0.4, 0.5) is 0 Å². The summed E-state index contributed by atoms with van der Waals surface area (Å²) in [6.45, 7) is 2.32. The molecule has 1 atom stereocenters. The summed E-state index contributed by atoms with van der Waals surface area (Å²) < 4.78 is 5.74. The van der Waals surface area contributed by atoms with E-state index in [1.165, 1.54) is 51.4 Å². The first-order valence-electron chi connectivity index (χ1n) is 7.74. The Hall–Kier alpha value is -0.120. The molecule has 0 aromatic rings. The van der Waals surface area contributed by atoms with Crippen LogP contribution >= 0.6 is 0 Å². The van der Waals surface area contributed by atoms with Crippen molar-refractivity contribution in [1.82, 2.24) is 5.43 Å². The van der Waals surface area contributed by atoms with Crippen molar-refractivity contribution in [1.29, 1.82) is 0 Å². The van der Waals surface area contributed by atoms with Gasteiger partial charge in [-0.15, -0.1) is 0 Å². The summed E-state index contributed by atoms with van der Waals surface area (Å²) in [5, 5.41) is 0. The molecule has 0 aromatic heterocycles. The first kappa shape index (κ1) is 14.3. The van der Waals surface area contributed by atoms with Gasteiger partial charge >= 0.3 is 0 Å². The Bertz CT molecular complexity index is 239. The molecule has 2 aliphatic rings. The standard InChI is InChI=1S/C15H30N2O/c1-3-12-5-7-13(8-6-12)14(17-16)11-15(18-2)9-4-10-15/h12-14,17H,3-11,16H2,1-2H3. The lowest BCUT2D eigenvalue weighted by atomic mass is 9.70. The molecule has 0 radical (unpaired) electrons. The molecule has 106 valence electrons. The van der Waals surface area contributed by atoms with Crippen molar-refractivity contribution in [3.63, 3.8) is 0 Å². The average molecular weight is 254 g/mol. The number of hydrogen-bond acceptors (Lipinski definition) is 3. The number of rotatable bonds is 6. The molecule has 0 saturated heterocycles. The van der Waals surface area contributed by atoms with Gasteiger partial charge < -0.3 is 4.74 Å². The van der Waals surface area contributed by atoms with Gasteiger partial charge in [0.1, 0.15) is 0 Å². The second kappa shape index (κ2) is 6.36. The molecule has 1 unspecified atom stereocenters. The molecule has 0 aromatic carbocycles. The first-order chi connectivity index (χ1) is 8.73. The summed E-state index contributed by atoms with van der Waals surface area (Å²) in [4.78, 5) is 0. The number of methoxy groups -OCH3 is 1. The summed E-state index contributed by atoms with van der Waals surface area (Å²) in [5.41, 5.74) is 3.22. The fourth-order valence-electron chi connectivity index (χ4n) is 3.82. The van der Waals surface area contributed by atoms with Crippen LogP contribution in [0.1, 0.15) is 64.7 Å². The Morgan fingerprint density at radius 2 is 1.94 bits per heavy atom. The minimum absolute atomic E-state index is 0.138. The maximum absolute atomic E-state index is 5.81. The topological polar surface area (TPSA) is 47.3 Å². The zero-order valence-corrected chi connectivity index (χ0v) is 12.1. The van der Waals surface area contributed by atoms with Crippen LogP contribution < -0.4 is 11.3 Å². The van der Waals surface area contributed by atoms with Crippen molar-refractivity contribution in [2.45, 2.75) is 76.4 Å². The lowest BCUT2D eigenvalue weighted by Crippen LogP contribution is -2.51. The van der Waals surface area contributed by atoms with Crippen LogP contribution in [-0.2, 0) is 4.74 Å². The number of hydrogen-bond donors (Lipinski definition) is 2. The van der Waals surface area contributed by atoms with Gasteiger partial charge in [0.25, 0.3) is 0 Å². The average Bonchev–Trinajstić information content (AvgIpc) is 2.39. The van der Waals surface area contributed by atoms with Crippen LogP contribution in [0, 0.1) is 11.8 Å². The Morgan fingerprint density at radius 1 is 1.28 bits per heavy atom. The molecule has 2 fully saturated rings. The van der Waals surface area contributed by atoms with E-state index in [1.54, 1.807) is 0 Å². The fraction of sp³-hybridized carbons (Fsp3) is 1.00. The Morgan fingerprint density at radius 3 is 2.33 bits per heavy atom. The van der Waals surface area contributed by atoms with Crippen molar-refractivity contribution < 1.29 is 4.74 Å². The quantitative estimate of drug-likeness (QED) is 0.566. The highest BCUT2D eigenvalue weighted by atomic mass is 16.5. The lowest BCUT2D eigenvalue weighted by Gasteiger charge is -2.45. The van der Waals surface area contributed by atoms with Crippen molar-refractivity contribution in [3.05, 3.63) is 0 Å². The second-order valence-corrected chi connectivity index (χ2v) is 6.41. The molecule has 3 heteroatoms. The van der Waals surface area contributed by atoms with Gasteiger partial charge in [0, 0.05) is 13.2 Å². The summed E-state index contributed by atoms with van der Waals surface area (Å²) in [7, 11) is 1.86. The van der Waals surface area contributed by atoms with Crippen molar-refractivity contribution in [2.75, 3.05) is 7.11 Å². The number of hydrazine groups is 1. The summed E-state index contributed by atoms with van der Waals surface area (Å²) in [6.07, 6.45) is 11.6. The van der Waals surface area contributed by atoms with Gasteiger partial charge in [0.2, 0.25) is 0 Å². The largest absolute Gasteiger partial charge is 0.378 e. The van der Waals surface area contributed by atoms with E-state index in [1.807, 2.05) is 7.11 Å². The maximum atomic E-state index is 5.81. The highest BCUT2D eigenvalue weighted by Crippen LogP contribution is 2.42. The predicted molar refractivity (Wildman–Crippen MR) is 75.1 cm³/mol. The van der Waals surface area contributed by atoms with Gasteiger partial charge in [-0.2, -0.15) is 0 Å². The second-order valence-electron chi connectivity index (χ2n) is 6.41. The molecule has 18 heavy (non-hydrogen) atoms. The highest BCUT2D eigenvalue weighted by Gasteiger charge is 2.41. The SMILES string of the molecule is CCC1CCC(C(CC2(OC)CCC2)NN)CC1. The van der Waals surface area contributed by atoms with E-state index in [-0.39, 0.29) is 5.60 Å².